The number of nitrogens with zero attached hydrogens (tertiary/aromatic N) is 2. The average Bonchev–Trinajstić information content (AvgIpc) is 2.61. The Hall–Kier alpha value is -1.40. The Morgan fingerprint density at radius 3 is 2.74 bits per heavy atom. The molecule has 0 unspecified atom stereocenters. The second kappa shape index (κ2) is 7.91. The predicted molar refractivity (Wildman–Crippen MR) is 73.9 cm³/mol. The van der Waals surface area contributed by atoms with Crippen molar-refractivity contribution < 1.29 is 9.53 Å². The van der Waals surface area contributed by atoms with Gasteiger partial charge in [0.1, 0.15) is 0 Å². The van der Waals surface area contributed by atoms with Crippen molar-refractivity contribution in [3.63, 3.8) is 0 Å². The average molecular weight is 268 g/mol. The van der Waals surface area contributed by atoms with Crippen LogP contribution in [0.4, 0.5) is 0 Å². The lowest BCUT2D eigenvalue weighted by Crippen LogP contribution is -2.34. The third-order valence-electron chi connectivity index (χ3n) is 3.09. The van der Waals surface area contributed by atoms with Gasteiger partial charge in [0.15, 0.2) is 0 Å². The molecule has 0 fully saturated rings. The molecule has 1 rings (SSSR count). The number of carbonyl (C=O) groups excluding carboxylic acids is 1. The minimum atomic E-state index is 0.00954. The highest BCUT2D eigenvalue weighted by Crippen LogP contribution is 2.10. The van der Waals surface area contributed by atoms with Gasteiger partial charge in [-0.25, -0.2) is 0 Å². The SMILES string of the molecule is COCCCNC(=O)CNCc1c(C)nn(C)c1C. The number of methoxy groups -OCH3 is 1. The molecule has 1 aromatic heterocycles. The molecule has 0 atom stereocenters. The van der Waals surface area contributed by atoms with Gasteiger partial charge >= 0.3 is 0 Å². The van der Waals surface area contributed by atoms with E-state index in [9.17, 15) is 4.79 Å². The molecule has 0 bridgehead atoms. The molecule has 6 nitrogen and oxygen atoms in total. The first-order valence-corrected chi connectivity index (χ1v) is 6.51. The number of nitrogens with one attached hydrogen (secondary N) is 2. The van der Waals surface area contributed by atoms with Gasteiger partial charge in [0, 0.05) is 45.1 Å². The monoisotopic (exact) mass is 268 g/mol. The normalized spacial score (nSPS) is 10.7. The van der Waals surface area contributed by atoms with E-state index in [-0.39, 0.29) is 5.91 Å². The van der Waals surface area contributed by atoms with Gasteiger partial charge in [0.25, 0.3) is 0 Å². The van der Waals surface area contributed by atoms with Crippen LogP contribution in [0.3, 0.4) is 0 Å². The van der Waals surface area contributed by atoms with Gasteiger partial charge in [0.2, 0.25) is 5.91 Å². The summed E-state index contributed by atoms with van der Waals surface area (Å²) in [6.07, 6.45) is 0.836. The summed E-state index contributed by atoms with van der Waals surface area (Å²) in [6.45, 7) is 6.31. The van der Waals surface area contributed by atoms with Crippen molar-refractivity contribution in [3.05, 3.63) is 17.0 Å². The number of hydrogen-bond acceptors (Lipinski definition) is 4. The maximum Gasteiger partial charge on any atom is 0.233 e. The van der Waals surface area contributed by atoms with Crippen LogP contribution < -0.4 is 10.6 Å². The first-order chi connectivity index (χ1) is 9.06. The maximum absolute atomic E-state index is 11.5. The summed E-state index contributed by atoms with van der Waals surface area (Å²) in [5.41, 5.74) is 3.30. The molecule has 0 aliphatic rings. The van der Waals surface area contributed by atoms with Gasteiger partial charge in [0.05, 0.1) is 12.2 Å². The van der Waals surface area contributed by atoms with E-state index < -0.39 is 0 Å². The Balaban J connectivity index is 2.24. The van der Waals surface area contributed by atoms with Crippen molar-refractivity contribution in [1.29, 1.82) is 0 Å². The zero-order chi connectivity index (χ0) is 14.3. The molecule has 1 heterocycles. The first-order valence-electron chi connectivity index (χ1n) is 6.51. The van der Waals surface area contributed by atoms with Crippen molar-refractivity contribution in [2.75, 3.05) is 26.8 Å². The van der Waals surface area contributed by atoms with Gasteiger partial charge < -0.3 is 15.4 Å². The third-order valence-corrected chi connectivity index (χ3v) is 3.09. The number of amides is 1. The fourth-order valence-corrected chi connectivity index (χ4v) is 1.88. The summed E-state index contributed by atoms with van der Waals surface area (Å²) in [7, 11) is 3.58. The number of hydrogen-bond donors (Lipinski definition) is 2. The van der Waals surface area contributed by atoms with Crippen LogP contribution in [0.1, 0.15) is 23.4 Å². The van der Waals surface area contributed by atoms with E-state index in [2.05, 4.69) is 15.7 Å². The van der Waals surface area contributed by atoms with Crippen LogP contribution in [0.15, 0.2) is 0 Å². The van der Waals surface area contributed by atoms with Crippen LogP contribution in [0.5, 0.6) is 0 Å². The molecule has 0 aliphatic heterocycles. The summed E-state index contributed by atoms with van der Waals surface area (Å²) in [4.78, 5) is 11.5. The Morgan fingerprint density at radius 2 is 2.16 bits per heavy atom. The van der Waals surface area contributed by atoms with Crippen LogP contribution in [-0.2, 0) is 23.1 Å². The molecular weight excluding hydrogens is 244 g/mol. The van der Waals surface area contributed by atoms with E-state index in [1.165, 1.54) is 0 Å². The minimum absolute atomic E-state index is 0.00954. The van der Waals surface area contributed by atoms with Gasteiger partial charge in [-0.15, -0.1) is 0 Å². The van der Waals surface area contributed by atoms with E-state index >= 15 is 0 Å². The summed E-state index contributed by atoms with van der Waals surface area (Å²) in [5.74, 6) is 0.00954. The summed E-state index contributed by atoms with van der Waals surface area (Å²) in [5, 5.41) is 10.3. The van der Waals surface area contributed by atoms with Gasteiger partial charge in [-0.3, -0.25) is 9.48 Å². The molecule has 1 amide bonds. The first kappa shape index (κ1) is 15.7. The van der Waals surface area contributed by atoms with Gasteiger partial charge in [-0.1, -0.05) is 0 Å². The van der Waals surface area contributed by atoms with Crippen LogP contribution in [0.25, 0.3) is 0 Å². The lowest BCUT2D eigenvalue weighted by atomic mass is 10.2. The zero-order valence-corrected chi connectivity index (χ0v) is 12.2. The molecule has 1 aromatic rings. The van der Waals surface area contributed by atoms with E-state index in [0.717, 1.165) is 23.4 Å². The Morgan fingerprint density at radius 1 is 1.42 bits per heavy atom. The lowest BCUT2D eigenvalue weighted by Gasteiger charge is -2.07. The fourth-order valence-electron chi connectivity index (χ4n) is 1.88. The van der Waals surface area contributed by atoms with Crippen LogP contribution >= 0.6 is 0 Å². The molecule has 0 saturated heterocycles. The van der Waals surface area contributed by atoms with E-state index in [1.54, 1.807) is 7.11 Å². The predicted octanol–water partition coefficient (Wildman–Crippen LogP) is 0.279. The van der Waals surface area contributed by atoms with Crippen LogP contribution in [-0.4, -0.2) is 42.5 Å². The third kappa shape index (κ3) is 5.00. The summed E-state index contributed by atoms with van der Waals surface area (Å²) in [6, 6.07) is 0. The Kier molecular flexibility index (Phi) is 6.52. The van der Waals surface area contributed by atoms with Crippen LogP contribution in [0.2, 0.25) is 0 Å². The highest BCUT2D eigenvalue weighted by atomic mass is 16.5. The highest BCUT2D eigenvalue weighted by Gasteiger charge is 2.09. The van der Waals surface area contributed by atoms with Crippen molar-refractivity contribution in [2.24, 2.45) is 7.05 Å². The minimum Gasteiger partial charge on any atom is -0.385 e. The number of aryl methyl sites for hydroxylation is 2. The lowest BCUT2D eigenvalue weighted by molar-refractivity contribution is -0.120. The maximum atomic E-state index is 11.5. The number of aromatic nitrogens is 2. The molecule has 2 N–H and O–H groups in total. The highest BCUT2D eigenvalue weighted by molar-refractivity contribution is 5.77. The zero-order valence-electron chi connectivity index (χ0n) is 12.2. The standard InChI is InChI=1S/C13H24N4O2/c1-10-12(11(2)17(3)16-10)8-14-9-13(18)15-6-5-7-19-4/h14H,5-9H2,1-4H3,(H,15,18). The summed E-state index contributed by atoms with van der Waals surface area (Å²) >= 11 is 0. The molecule has 19 heavy (non-hydrogen) atoms. The quantitative estimate of drug-likeness (QED) is 0.665. The van der Waals surface area contributed by atoms with Gasteiger partial charge in [-0.05, 0) is 20.3 Å². The molecule has 0 saturated carbocycles. The molecule has 0 aliphatic carbocycles. The van der Waals surface area contributed by atoms with Crippen molar-refractivity contribution in [2.45, 2.75) is 26.8 Å². The number of ether oxygens (including phenoxy) is 1. The summed E-state index contributed by atoms with van der Waals surface area (Å²) < 4.78 is 6.77. The van der Waals surface area contributed by atoms with Gasteiger partial charge in [-0.2, -0.15) is 5.10 Å². The van der Waals surface area contributed by atoms with E-state index in [1.807, 2.05) is 25.6 Å². The van der Waals surface area contributed by atoms with E-state index in [4.69, 9.17) is 4.74 Å². The second-order valence-electron chi connectivity index (χ2n) is 4.57. The molecule has 0 radical (unpaired) electrons. The fraction of sp³-hybridized carbons (Fsp3) is 0.692. The molecule has 0 spiro atoms. The number of rotatable bonds is 8. The van der Waals surface area contributed by atoms with E-state index in [0.29, 0.717) is 26.2 Å². The Bertz CT molecular complexity index is 415. The molecule has 0 aromatic carbocycles. The topological polar surface area (TPSA) is 68.2 Å². The molecule has 108 valence electrons. The van der Waals surface area contributed by atoms with Crippen molar-refractivity contribution >= 4 is 5.91 Å². The van der Waals surface area contributed by atoms with Crippen molar-refractivity contribution in [3.8, 4) is 0 Å². The smallest absolute Gasteiger partial charge is 0.233 e. The Labute approximate surface area is 114 Å². The second-order valence-corrected chi connectivity index (χ2v) is 4.57. The largest absolute Gasteiger partial charge is 0.385 e. The van der Waals surface area contributed by atoms with Crippen molar-refractivity contribution in [1.82, 2.24) is 20.4 Å². The number of carbonyl (C=O) groups is 1. The molecular formula is C13H24N4O2. The molecule has 6 heteroatoms. The van der Waals surface area contributed by atoms with Crippen LogP contribution in [0, 0.1) is 13.8 Å².